The van der Waals surface area contributed by atoms with E-state index >= 15 is 0 Å². The topological polar surface area (TPSA) is 78.9 Å². The number of ether oxygens (including phenoxy) is 1. The summed E-state index contributed by atoms with van der Waals surface area (Å²) < 4.78 is 33.7. The Kier molecular flexibility index (Phi) is 5.20. The molecule has 6 nitrogen and oxygen atoms in total. The molecule has 138 valence electrons. The lowest BCUT2D eigenvalue weighted by atomic mass is 10.1. The molecular formula is C17H22F2N2O4. The third kappa shape index (κ3) is 4.37. The number of anilines is 1. The van der Waals surface area contributed by atoms with Crippen molar-refractivity contribution in [3.05, 3.63) is 28.8 Å². The molecule has 2 N–H and O–H groups in total. The zero-order valence-electron chi connectivity index (χ0n) is 14.7. The fraction of sp³-hybridized carbons (Fsp3) is 0.529. The van der Waals surface area contributed by atoms with Crippen molar-refractivity contribution in [3.8, 4) is 0 Å². The molecule has 25 heavy (non-hydrogen) atoms. The van der Waals surface area contributed by atoms with Gasteiger partial charge in [-0.3, -0.25) is 0 Å². The van der Waals surface area contributed by atoms with Crippen LogP contribution < -0.4 is 10.2 Å². The lowest BCUT2D eigenvalue weighted by Crippen LogP contribution is -2.40. The Morgan fingerprint density at radius 2 is 2.00 bits per heavy atom. The van der Waals surface area contributed by atoms with Crippen molar-refractivity contribution in [1.29, 1.82) is 0 Å². The van der Waals surface area contributed by atoms with E-state index in [1.807, 2.05) is 0 Å². The van der Waals surface area contributed by atoms with E-state index in [0.717, 1.165) is 0 Å². The number of carboxylic acid groups (broad SMARTS) is 1. The molecule has 1 aliphatic rings. The predicted octanol–water partition coefficient (Wildman–Crippen LogP) is 3.07. The maximum atomic E-state index is 14.3. The van der Waals surface area contributed by atoms with Crippen molar-refractivity contribution in [3.63, 3.8) is 0 Å². The number of nitrogens with zero attached hydrogens (tertiary/aromatic N) is 1. The highest BCUT2D eigenvalue weighted by Gasteiger charge is 2.30. The molecule has 1 heterocycles. The average molecular weight is 356 g/mol. The number of halogens is 2. The molecule has 1 aliphatic heterocycles. The fourth-order valence-corrected chi connectivity index (χ4v) is 2.84. The van der Waals surface area contributed by atoms with Crippen LogP contribution in [0.4, 0.5) is 19.3 Å². The van der Waals surface area contributed by atoms with Crippen LogP contribution in [0.25, 0.3) is 0 Å². The number of aromatic carboxylic acids is 1. The van der Waals surface area contributed by atoms with Gasteiger partial charge >= 0.3 is 12.1 Å². The van der Waals surface area contributed by atoms with Crippen molar-refractivity contribution >= 4 is 17.7 Å². The first-order valence-corrected chi connectivity index (χ1v) is 7.96. The van der Waals surface area contributed by atoms with Crippen LogP contribution in [0.5, 0.6) is 0 Å². The van der Waals surface area contributed by atoms with E-state index in [4.69, 9.17) is 9.84 Å². The summed E-state index contributed by atoms with van der Waals surface area (Å²) in [6.07, 6.45) is -0.0237. The van der Waals surface area contributed by atoms with Gasteiger partial charge in [-0.05, 0) is 40.2 Å². The van der Waals surface area contributed by atoms with Gasteiger partial charge < -0.3 is 20.1 Å². The zero-order valence-corrected chi connectivity index (χ0v) is 14.7. The van der Waals surface area contributed by atoms with Gasteiger partial charge in [-0.1, -0.05) is 0 Å². The van der Waals surface area contributed by atoms with Crippen LogP contribution in [-0.4, -0.2) is 41.9 Å². The highest BCUT2D eigenvalue weighted by atomic mass is 19.1. The van der Waals surface area contributed by atoms with Gasteiger partial charge in [-0.25, -0.2) is 18.4 Å². The molecule has 2 rings (SSSR count). The number of amides is 1. The number of benzene rings is 1. The zero-order chi connectivity index (χ0) is 18.9. The van der Waals surface area contributed by atoms with Crippen LogP contribution in [0.2, 0.25) is 0 Å². The van der Waals surface area contributed by atoms with Crippen LogP contribution in [-0.2, 0) is 4.74 Å². The summed E-state index contributed by atoms with van der Waals surface area (Å²) in [6.45, 7) is 7.28. The number of rotatable bonds is 3. The predicted molar refractivity (Wildman–Crippen MR) is 88.0 cm³/mol. The van der Waals surface area contributed by atoms with Gasteiger partial charge in [-0.15, -0.1) is 0 Å². The van der Waals surface area contributed by atoms with Gasteiger partial charge in [0.2, 0.25) is 0 Å². The standard InChI is InChI=1S/C17H22F2N2O4/c1-9-13(19)11(15(22)23)7-12(18)14(9)21-6-5-10(8-21)20-16(24)25-17(2,3)4/h7,10H,5-6,8H2,1-4H3,(H,20,24)(H,22,23). The maximum absolute atomic E-state index is 14.3. The normalized spacial score (nSPS) is 17.5. The van der Waals surface area contributed by atoms with Gasteiger partial charge in [0.25, 0.3) is 0 Å². The largest absolute Gasteiger partial charge is 0.478 e. The van der Waals surface area contributed by atoms with Gasteiger partial charge in [0.05, 0.1) is 17.3 Å². The molecule has 1 fully saturated rings. The summed E-state index contributed by atoms with van der Waals surface area (Å²) in [5, 5.41) is 11.6. The van der Waals surface area contributed by atoms with Gasteiger partial charge in [-0.2, -0.15) is 0 Å². The molecule has 0 aromatic heterocycles. The Morgan fingerprint density at radius 3 is 2.56 bits per heavy atom. The van der Waals surface area contributed by atoms with Crippen LogP contribution in [0.1, 0.15) is 43.1 Å². The van der Waals surface area contributed by atoms with E-state index in [2.05, 4.69) is 5.32 Å². The highest BCUT2D eigenvalue weighted by Crippen LogP contribution is 2.31. The Morgan fingerprint density at radius 1 is 1.36 bits per heavy atom. The molecule has 0 spiro atoms. The molecule has 1 atom stereocenters. The van der Waals surface area contributed by atoms with Crippen LogP contribution in [0, 0.1) is 18.6 Å². The lowest BCUT2D eigenvalue weighted by molar-refractivity contribution is 0.0508. The Labute approximate surface area is 144 Å². The molecule has 0 bridgehead atoms. The summed E-state index contributed by atoms with van der Waals surface area (Å²) in [5.41, 5.74) is -1.35. The molecule has 1 aromatic rings. The van der Waals surface area contributed by atoms with Crippen molar-refractivity contribution in [2.75, 3.05) is 18.0 Å². The quantitative estimate of drug-likeness (QED) is 0.870. The minimum Gasteiger partial charge on any atom is -0.478 e. The van der Waals surface area contributed by atoms with Crippen molar-refractivity contribution in [2.24, 2.45) is 0 Å². The first-order valence-electron chi connectivity index (χ1n) is 7.96. The van der Waals surface area contributed by atoms with Gasteiger partial charge in [0, 0.05) is 18.7 Å². The van der Waals surface area contributed by atoms with Crippen molar-refractivity contribution in [1.82, 2.24) is 5.32 Å². The van der Waals surface area contributed by atoms with Crippen LogP contribution in [0.3, 0.4) is 0 Å². The van der Waals surface area contributed by atoms with E-state index in [-0.39, 0.29) is 23.8 Å². The molecule has 1 unspecified atom stereocenters. The third-order valence-corrected chi connectivity index (χ3v) is 3.87. The van der Waals surface area contributed by atoms with E-state index in [1.54, 1.807) is 25.7 Å². The number of hydrogen-bond acceptors (Lipinski definition) is 4. The van der Waals surface area contributed by atoms with Crippen LogP contribution >= 0.6 is 0 Å². The lowest BCUT2D eigenvalue weighted by Gasteiger charge is -2.24. The first-order chi connectivity index (χ1) is 11.5. The number of hydrogen-bond donors (Lipinski definition) is 2. The molecular weight excluding hydrogens is 334 g/mol. The monoisotopic (exact) mass is 356 g/mol. The van der Waals surface area contributed by atoms with E-state index in [0.29, 0.717) is 19.0 Å². The molecule has 0 radical (unpaired) electrons. The van der Waals surface area contributed by atoms with E-state index in [1.165, 1.54) is 6.92 Å². The molecule has 0 aliphatic carbocycles. The SMILES string of the molecule is Cc1c(F)c(C(=O)O)cc(F)c1N1CCC(NC(=O)OC(C)(C)C)C1. The van der Waals surface area contributed by atoms with Crippen molar-refractivity contribution in [2.45, 2.75) is 45.8 Å². The summed E-state index contributed by atoms with van der Waals surface area (Å²) >= 11 is 0. The molecule has 1 saturated heterocycles. The number of carbonyl (C=O) groups is 2. The Bertz CT molecular complexity index is 701. The second-order valence-corrected chi connectivity index (χ2v) is 7.08. The fourth-order valence-electron chi connectivity index (χ4n) is 2.84. The Balaban J connectivity index is 2.13. The average Bonchev–Trinajstić information content (AvgIpc) is 2.88. The summed E-state index contributed by atoms with van der Waals surface area (Å²) in [7, 11) is 0. The Hall–Kier alpha value is -2.38. The highest BCUT2D eigenvalue weighted by molar-refractivity contribution is 5.89. The molecule has 1 aromatic carbocycles. The molecule has 8 heteroatoms. The third-order valence-electron chi connectivity index (χ3n) is 3.87. The minimum absolute atomic E-state index is 0.0241. The van der Waals surface area contributed by atoms with Crippen molar-refractivity contribution < 1.29 is 28.2 Å². The second-order valence-electron chi connectivity index (χ2n) is 7.08. The second kappa shape index (κ2) is 6.85. The van der Waals surface area contributed by atoms with E-state index < -0.39 is 34.9 Å². The van der Waals surface area contributed by atoms with Gasteiger partial charge in [0.1, 0.15) is 17.2 Å². The summed E-state index contributed by atoms with van der Waals surface area (Å²) in [5.74, 6) is -3.27. The smallest absolute Gasteiger partial charge is 0.407 e. The summed E-state index contributed by atoms with van der Waals surface area (Å²) in [6, 6.07) is 0.421. The number of nitrogens with one attached hydrogen (secondary N) is 1. The summed E-state index contributed by atoms with van der Waals surface area (Å²) in [4.78, 5) is 24.4. The first kappa shape index (κ1) is 19.0. The number of carbonyl (C=O) groups excluding carboxylic acids is 1. The molecule has 0 saturated carbocycles. The van der Waals surface area contributed by atoms with Gasteiger partial charge in [0.15, 0.2) is 0 Å². The molecule has 1 amide bonds. The van der Waals surface area contributed by atoms with E-state index in [9.17, 15) is 18.4 Å². The van der Waals surface area contributed by atoms with Crippen LogP contribution in [0.15, 0.2) is 6.07 Å². The number of carboxylic acids is 1. The maximum Gasteiger partial charge on any atom is 0.407 e. The minimum atomic E-state index is -1.52. The number of alkyl carbamates (subject to hydrolysis) is 1.